The van der Waals surface area contributed by atoms with Crippen LogP contribution in [0.4, 0.5) is 0 Å². The van der Waals surface area contributed by atoms with Gasteiger partial charge in [0, 0.05) is 13.1 Å². The molecule has 3 fully saturated rings. The summed E-state index contributed by atoms with van der Waals surface area (Å²) in [6.45, 7) is 11.7. The SMILES string of the molecule is CCN(CC)CCN1C(=O)C2C3OC4(CC(C)CCC4=C3C)C2C1=O. The third-order valence-electron chi connectivity index (χ3n) is 7.09. The van der Waals surface area contributed by atoms with Crippen molar-refractivity contribution in [2.24, 2.45) is 17.8 Å². The van der Waals surface area contributed by atoms with Crippen molar-refractivity contribution in [3.8, 4) is 0 Å². The number of likely N-dealkylation sites (N-methyl/N-ethyl adjacent to an activating group) is 1. The molecule has 5 unspecified atom stereocenters. The van der Waals surface area contributed by atoms with Gasteiger partial charge in [-0.2, -0.15) is 0 Å². The zero-order chi connectivity index (χ0) is 17.9. The van der Waals surface area contributed by atoms with Gasteiger partial charge in [-0.1, -0.05) is 20.8 Å². The molecule has 5 nitrogen and oxygen atoms in total. The van der Waals surface area contributed by atoms with Gasteiger partial charge < -0.3 is 9.64 Å². The number of likely N-dealkylation sites (tertiary alicyclic amines) is 1. The number of fused-ring (bicyclic) bond motifs is 3. The first-order chi connectivity index (χ1) is 11.9. The average molecular weight is 346 g/mol. The van der Waals surface area contributed by atoms with E-state index in [1.165, 1.54) is 11.1 Å². The Morgan fingerprint density at radius 1 is 1.24 bits per heavy atom. The second-order valence-electron chi connectivity index (χ2n) is 8.30. The molecule has 1 spiro atoms. The van der Waals surface area contributed by atoms with Crippen molar-refractivity contribution < 1.29 is 14.3 Å². The normalized spacial score (nSPS) is 39.6. The number of nitrogens with zero attached hydrogens (tertiary/aromatic N) is 2. The first-order valence-corrected chi connectivity index (χ1v) is 9.90. The molecule has 2 saturated heterocycles. The van der Waals surface area contributed by atoms with Gasteiger partial charge in [0.1, 0.15) is 5.60 Å². The van der Waals surface area contributed by atoms with Crippen LogP contribution < -0.4 is 0 Å². The van der Waals surface area contributed by atoms with Crippen LogP contribution in [0, 0.1) is 17.8 Å². The predicted molar refractivity (Wildman–Crippen MR) is 94.8 cm³/mol. The lowest BCUT2D eigenvalue weighted by atomic mass is 9.62. The van der Waals surface area contributed by atoms with E-state index in [0.717, 1.165) is 38.9 Å². The molecular formula is C20H30N2O3. The maximum absolute atomic E-state index is 13.2. The molecule has 138 valence electrons. The highest BCUT2D eigenvalue weighted by atomic mass is 16.5. The number of hydrogen-bond donors (Lipinski definition) is 0. The Balaban J connectivity index is 1.61. The summed E-state index contributed by atoms with van der Waals surface area (Å²) >= 11 is 0. The second kappa shape index (κ2) is 5.92. The molecule has 0 aromatic carbocycles. The Morgan fingerprint density at radius 3 is 2.64 bits per heavy atom. The monoisotopic (exact) mass is 346 g/mol. The maximum atomic E-state index is 13.2. The summed E-state index contributed by atoms with van der Waals surface area (Å²) in [4.78, 5) is 30.1. The van der Waals surface area contributed by atoms with Crippen molar-refractivity contribution in [3.05, 3.63) is 11.1 Å². The first kappa shape index (κ1) is 17.2. The molecular weight excluding hydrogens is 316 g/mol. The minimum atomic E-state index is -0.478. The van der Waals surface area contributed by atoms with Gasteiger partial charge in [-0.3, -0.25) is 14.5 Å². The number of ether oxygens (including phenoxy) is 1. The Morgan fingerprint density at radius 2 is 1.96 bits per heavy atom. The van der Waals surface area contributed by atoms with E-state index in [1.807, 2.05) is 0 Å². The molecule has 25 heavy (non-hydrogen) atoms. The van der Waals surface area contributed by atoms with Crippen LogP contribution in [-0.4, -0.2) is 59.5 Å². The first-order valence-electron chi connectivity index (χ1n) is 9.90. The Kier molecular flexibility index (Phi) is 4.08. The molecule has 0 N–H and O–H groups in total. The van der Waals surface area contributed by atoms with Crippen molar-refractivity contribution in [1.29, 1.82) is 0 Å². The molecule has 2 amide bonds. The summed E-state index contributed by atoms with van der Waals surface area (Å²) in [5.41, 5.74) is 2.09. The Bertz CT molecular complexity index is 639. The number of amides is 2. The van der Waals surface area contributed by atoms with E-state index in [-0.39, 0.29) is 29.8 Å². The lowest BCUT2D eigenvalue weighted by Gasteiger charge is -2.40. The summed E-state index contributed by atoms with van der Waals surface area (Å²) in [5.74, 6) is 0.00694. The molecule has 0 radical (unpaired) electrons. The van der Waals surface area contributed by atoms with Gasteiger partial charge in [0.2, 0.25) is 11.8 Å². The van der Waals surface area contributed by atoms with E-state index in [0.29, 0.717) is 12.5 Å². The summed E-state index contributed by atoms with van der Waals surface area (Å²) in [6, 6.07) is 0. The van der Waals surface area contributed by atoms with Crippen molar-refractivity contribution in [2.45, 2.75) is 58.7 Å². The molecule has 4 rings (SSSR count). The quantitative estimate of drug-likeness (QED) is 0.566. The molecule has 5 atom stereocenters. The molecule has 2 bridgehead atoms. The fourth-order valence-corrected chi connectivity index (χ4v) is 5.76. The number of rotatable bonds is 5. The molecule has 0 aromatic heterocycles. The number of imide groups is 1. The van der Waals surface area contributed by atoms with Crippen LogP contribution in [-0.2, 0) is 14.3 Å². The zero-order valence-electron chi connectivity index (χ0n) is 15.9. The Labute approximate surface area is 150 Å². The van der Waals surface area contributed by atoms with E-state index < -0.39 is 5.60 Å². The molecule has 1 aliphatic carbocycles. The van der Waals surface area contributed by atoms with Gasteiger partial charge in [-0.25, -0.2) is 0 Å². The van der Waals surface area contributed by atoms with Crippen LogP contribution in [0.25, 0.3) is 0 Å². The third-order valence-corrected chi connectivity index (χ3v) is 7.09. The lowest BCUT2D eigenvalue weighted by molar-refractivity contribution is -0.145. The lowest BCUT2D eigenvalue weighted by Crippen LogP contribution is -2.47. The van der Waals surface area contributed by atoms with Crippen LogP contribution in [0.5, 0.6) is 0 Å². The summed E-state index contributed by atoms with van der Waals surface area (Å²) in [5, 5.41) is 0. The molecule has 3 heterocycles. The largest absolute Gasteiger partial charge is 0.361 e. The Hall–Kier alpha value is -1.20. The molecule has 0 aromatic rings. The molecule has 3 aliphatic heterocycles. The average Bonchev–Trinajstić information content (AvgIpc) is 3.15. The summed E-state index contributed by atoms with van der Waals surface area (Å²) in [7, 11) is 0. The molecule has 1 saturated carbocycles. The zero-order valence-corrected chi connectivity index (χ0v) is 15.9. The summed E-state index contributed by atoms with van der Waals surface area (Å²) in [6.07, 6.45) is 2.91. The highest BCUT2D eigenvalue weighted by molar-refractivity contribution is 6.07. The van der Waals surface area contributed by atoms with E-state index in [9.17, 15) is 9.59 Å². The minimum Gasteiger partial charge on any atom is -0.361 e. The fourth-order valence-electron chi connectivity index (χ4n) is 5.76. The van der Waals surface area contributed by atoms with Gasteiger partial charge in [0.15, 0.2) is 0 Å². The summed E-state index contributed by atoms with van der Waals surface area (Å²) < 4.78 is 6.42. The smallest absolute Gasteiger partial charge is 0.236 e. The van der Waals surface area contributed by atoms with E-state index in [4.69, 9.17) is 4.74 Å². The highest BCUT2D eigenvalue weighted by Crippen LogP contribution is 2.62. The minimum absolute atomic E-state index is 0.000609. The van der Waals surface area contributed by atoms with E-state index in [2.05, 4.69) is 32.6 Å². The molecule has 4 aliphatic rings. The van der Waals surface area contributed by atoms with E-state index >= 15 is 0 Å². The van der Waals surface area contributed by atoms with Crippen molar-refractivity contribution in [1.82, 2.24) is 9.80 Å². The van der Waals surface area contributed by atoms with Gasteiger partial charge in [0.25, 0.3) is 0 Å². The highest BCUT2D eigenvalue weighted by Gasteiger charge is 2.71. The van der Waals surface area contributed by atoms with Crippen LogP contribution in [0.2, 0.25) is 0 Å². The van der Waals surface area contributed by atoms with Crippen LogP contribution in [0.3, 0.4) is 0 Å². The van der Waals surface area contributed by atoms with Gasteiger partial charge in [-0.15, -0.1) is 0 Å². The number of carbonyl (C=O) groups is 2. The second-order valence-corrected chi connectivity index (χ2v) is 8.30. The number of carbonyl (C=O) groups excluding carboxylic acids is 2. The van der Waals surface area contributed by atoms with E-state index in [1.54, 1.807) is 4.90 Å². The van der Waals surface area contributed by atoms with Gasteiger partial charge >= 0.3 is 0 Å². The molecule has 5 heteroatoms. The van der Waals surface area contributed by atoms with Gasteiger partial charge in [-0.05, 0) is 56.3 Å². The van der Waals surface area contributed by atoms with Crippen LogP contribution in [0.1, 0.15) is 47.0 Å². The third kappa shape index (κ3) is 2.21. The van der Waals surface area contributed by atoms with Gasteiger partial charge in [0.05, 0.1) is 17.9 Å². The van der Waals surface area contributed by atoms with Crippen molar-refractivity contribution in [3.63, 3.8) is 0 Å². The predicted octanol–water partition coefficient (Wildman–Crippen LogP) is 2.22. The standard InChI is InChI=1S/C20H30N2O3/c1-5-21(6-2)9-10-22-18(23)15-16(19(22)24)20-11-12(3)7-8-14(20)13(4)17(15)25-20/h12,15-17H,5-11H2,1-4H3. The van der Waals surface area contributed by atoms with Crippen molar-refractivity contribution >= 4 is 11.8 Å². The van der Waals surface area contributed by atoms with Crippen molar-refractivity contribution in [2.75, 3.05) is 26.2 Å². The van der Waals surface area contributed by atoms with Crippen LogP contribution in [0.15, 0.2) is 11.1 Å². The fraction of sp³-hybridized carbons (Fsp3) is 0.800. The topological polar surface area (TPSA) is 49.9 Å². The van der Waals surface area contributed by atoms with Crippen LogP contribution >= 0.6 is 0 Å². The number of hydrogen-bond acceptors (Lipinski definition) is 4. The maximum Gasteiger partial charge on any atom is 0.236 e.